The molecule has 2 aromatic heterocycles. The van der Waals surface area contributed by atoms with Crippen molar-refractivity contribution in [2.24, 2.45) is 7.05 Å². The third-order valence-electron chi connectivity index (χ3n) is 2.28. The Balaban J connectivity index is 2.49. The monoisotopic (exact) mass is 295 g/mol. The number of aryl methyl sites for hydroxylation is 1. The molecule has 0 radical (unpaired) electrons. The minimum atomic E-state index is -0.906. The third-order valence-corrected chi connectivity index (χ3v) is 3.12. The second kappa shape index (κ2) is 4.67. The Hall–Kier alpha value is -1.69. The zero-order valence-corrected chi connectivity index (χ0v) is 10.7. The maximum Gasteiger partial charge on any atom is 0.309 e. The van der Waals surface area contributed by atoms with Gasteiger partial charge in [-0.3, -0.25) is 14.5 Å². The van der Waals surface area contributed by atoms with Gasteiger partial charge in [-0.15, -0.1) is 0 Å². The van der Waals surface area contributed by atoms with Crippen LogP contribution in [-0.2, 0) is 18.3 Å². The topological polar surface area (TPSA) is 68.0 Å². The van der Waals surface area contributed by atoms with E-state index >= 15 is 0 Å². The van der Waals surface area contributed by atoms with E-state index in [1.165, 1.54) is 0 Å². The molecule has 5 nitrogen and oxygen atoms in total. The fourth-order valence-corrected chi connectivity index (χ4v) is 2.27. The molecular weight excluding hydrogens is 286 g/mol. The number of nitrogens with zero attached hydrogens (tertiary/aromatic N) is 3. The molecule has 2 rings (SSSR count). The Kier molecular flexibility index (Phi) is 3.23. The lowest BCUT2D eigenvalue weighted by Crippen LogP contribution is -2.02. The molecule has 0 aliphatic heterocycles. The fourth-order valence-electron chi connectivity index (χ4n) is 1.59. The number of rotatable bonds is 3. The van der Waals surface area contributed by atoms with Crippen LogP contribution in [0.5, 0.6) is 0 Å². The van der Waals surface area contributed by atoms with Crippen LogP contribution in [0.25, 0.3) is 11.4 Å². The maximum absolute atomic E-state index is 10.7. The molecule has 2 heterocycles. The minimum absolute atomic E-state index is 0.110. The van der Waals surface area contributed by atoms with Crippen molar-refractivity contribution >= 4 is 21.9 Å². The molecule has 6 heteroatoms. The van der Waals surface area contributed by atoms with E-state index in [-0.39, 0.29) is 6.42 Å². The Morgan fingerprint density at radius 1 is 1.53 bits per heavy atom. The first-order valence-electron chi connectivity index (χ1n) is 4.94. The van der Waals surface area contributed by atoms with Crippen molar-refractivity contribution in [2.45, 2.75) is 6.42 Å². The van der Waals surface area contributed by atoms with Crippen molar-refractivity contribution in [3.8, 4) is 11.4 Å². The molecule has 0 aromatic carbocycles. The average molecular weight is 296 g/mol. The van der Waals surface area contributed by atoms with Crippen molar-refractivity contribution in [1.29, 1.82) is 0 Å². The van der Waals surface area contributed by atoms with E-state index in [9.17, 15) is 4.79 Å². The molecule has 88 valence electrons. The van der Waals surface area contributed by atoms with E-state index in [1.54, 1.807) is 17.9 Å². The van der Waals surface area contributed by atoms with Crippen LogP contribution in [0.4, 0.5) is 0 Å². The van der Waals surface area contributed by atoms with Crippen molar-refractivity contribution < 1.29 is 9.90 Å². The summed E-state index contributed by atoms with van der Waals surface area (Å²) in [5.74, 6) is -0.906. The summed E-state index contributed by atoms with van der Waals surface area (Å²) in [5.41, 5.74) is 2.04. The number of carboxylic acid groups (broad SMARTS) is 1. The van der Waals surface area contributed by atoms with Crippen LogP contribution in [0.3, 0.4) is 0 Å². The highest BCUT2D eigenvalue weighted by molar-refractivity contribution is 9.10. The number of pyridine rings is 1. The van der Waals surface area contributed by atoms with Crippen LogP contribution < -0.4 is 0 Å². The van der Waals surface area contributed by atoms with Gasteiger partial charge in [0.1, 0.15) is 5.69 Å². The van der Waals surface area contributed by atoms with Gasteiger partial charge in [-0.05, 0) is 28.1 Å². The van der Waals surface area contributed by atoms with Gasteiger partial charge in [-0.2, -0.15) is 5.10 Å². The first-order chi connectivity index (χ1) is 8.09. The molecule has 0 aliphatic rings. The Labute approximate surface area is 106 Å². The van der Waals surface area contributed by atoms with Crippen LogP contribution in [0, 0.1) is 0 Å². The van der Waals surface area contributed by atoms with Crippen LogP contribution in [0.2, 0.25) is 0 Å². The van der Waals surface area contributed by atoms with Gasteiger partial charge in [0, 0.05) is 13.2 Å². The van der Waals surface area contributed by atoms with Crippen LogP contribution in [0.1, 0.15) is 5.69 Å². The molecule has 17 heavy (non-hydrogen) atoms. The van der Waals surface area contributed by atoms with E-state index in [4.69, 9.17) is 5.11 Å². The smallest absolute Gasteiger partial charge is 0.309 e. The van der Waals surface area contributed by atoms with Gasteiger partial charge in [0.15, 0.2) is 0 Å². The zero-order chi connectivity index (χ0) is 12.4. The molecule has 0 bridgehead atoms. The highest BCUT2D eigenvalue weighted by Gasteiger charge is 2.17. The summed E-state index contributed by atoms with van der Waals surface area (Å²) < 4.78 is 2.31. The lowest BCUT2D eigenvalue weighted by Gasteiger charge is -2.00. The molecule has 0 fully saturated rings. The van der Waals surface area contributed by atoms with Gasteiger partial charge >= 0.3 is 5.97 Å². The van der Waals surface area contributed by atoms with Crippen LogP contribution >= 0.6 is 15.9 Å². The summed E-state index contributed by atoms with van der Waals surface area (Å²) in [6, 6.07) is 5.55. The summed E-state index contributed by atoms with van der Waals surface area (Å²) in [6.45, 7) is 0. The van der Waals surface area contributed by atoms with E-state index in [2.05, 4.69) is 26.0 Å². The number of halogens is 1. The molecule has 0 unspecified atom stereocenters. The lowest BCUT2D eigenvalue weighted by molar-refractivity contribution is -0.136. The Morgan fingerprint density at radius 2 is 2.29 bits per heavy atom. The minimum Gasteiger partial charge on any atom is -0.481 e. The quantitative estimate of drug-likeness (QED) is 0.939. The predicted octanol–water partition coefficient (Wildman–Crippen LogP) is 1.87. The maximum atomic E-state index is 10.7. The third kappa shape index (κ3) is 2.36. The molecule has 0 atom stereocenters. The number of hydrogen-bond donors (Lipinski definition) is 1. The molecule has 2 aromatic rings. The summed E-state index contributed by atoms with van der Waals surface area (Å²) >= 11 is 3.38. The van der Waals surface area contributed by atoms with E-state index in [0.717, 1.165) is 11.4 Å². The molecule has 1 N–H and O–H groups in total. The normalized spacial score (nSPS) is 10.5. The van der Waals surface area contributed by atoms with Gasteiger partial charge in [0.25, 0.3) is 0 Å². The van der Waals surface area contributed by atoms with Crippen LogP contribution in [-0.4, -0.2) is 25.8 Å². The summed E-state index contributed by atoms with van der Waals surface area (Å²) in [7, 11) is 1.76. The van der Waals surface area contributed by atoms with Crippen molar-refractivity contribution in [3.05, 3.63) is 34.6 Å². The fraction of sp³-hybridized carbons (Fsp3) is 0.182. The number of hydrogen-bond acceptors (Lipinski definition) is 3. The van der Waals surface area contributed by atoms with Gasteiger partial charge in [-0.1, -0.05) is 6.07 Å². The summed E-state index contributed by atoms with van der Waals surface area (Å²) in [6.07, 6.45) is 1.58. The van der Waals surface area contributed by atoms with Crippen molar-refractivity contribution in [3.63, 3.8) is 0 Å². The largest absolute Gasteiger partial charge is 0.481 e. The number of aliphatic carboxylic acids is 1. The van der Waals surface area contributed by atoms with Gasteiger partial charge in [-0.25, -0.2) is 0 Å². The number of carboxylic acids is 1. The van der Waals surface area contributed by atoms with Gasteiger partial charge in [0.2, 0.25) is 0 Å². The van der Waals surface area contributed by atoms with E-state index in [1.807, 2.05) is 18.2 Å². The van der Waals surface area contributed by atoms with Crippen LogP contribution in [0.15, 0.2) is 28.9 Å². The highest BCUT2D eigenvalue weighted by Crippen LogP contribution is 2.29. The molecule has 0 spiro atoms. The highest BCUT2D eigenvalue weighted by atomic mass is 79.9. The Morgan fingerprint density at radius 3 is 2.88 bits per heavy atom. The first-order valence-corrected chi connectivity index (χ1v) is 5.73. The number of aromatic nitrogens is 3. The second-order valence-electron chi connectivity index (χ2n) is 3.52. The Bertz CT molecular complexity index is 551. The molecule has 0 saturated heterocycles. The number of carbonyl (C=O) groups is 1. The first kappa shape index (κ1) is 11.8. The van der Waals surface area contributed by atoms with E-state index in [0.29, 0.717) is 10.2 Å². The molecule has 0 amide bonds. The molecule has 0 aliphatic carbocycles. The zero-order valence-electron chi connectivity index (χ0n) is 9.09. The predicted molar refractivity (Wildman–Crippen MR) is 65.5 cm³/mol. The SMILES string of the molecule is Cn1nc(CC(=O)O)c(Br)c1-c1ccccn1. The lowest BCUT2D eigenvalue weighted by atomic mass is 10.2. The standard InChI is InChI=1S/C11H10BrN3O2/c1-15-11(7-4-2-3-5-13-7)10(12)8(14-15)6-9(16)17/h2-5H,6H2,1H3,(H,16,17). The van der Waals surface area contributed by atoms with Crippen molar-refractivity contribution in [2.75, 3.05) is 0 Å². The summed E-state index contributed by atoms with van der Waals surface area (Å²) in [4.78, 5) is 14.9. The van der Waals surface area contributed by atoms with Crippen molar-refractivity contribution in [1.82, 2.24) is 14.8 Å². The molecular formula is C11H10BrN3O2. The second-order valence-corrected chi connectivity index (χ2v) is 4.31. The van der Waals surface area contributed by atoms with Gasteiger partial charge < -0.3 is 5.11 Å². The average Bonchev–Trinajstić information content (AvgIpc) is 2.54. The van der Waals surface area contributed by atoms with Gasteiger partial charge in [0.05, 0.1) is 22.3 Å². The molecule has 0 saturated carbocycles. The van der Waals surface area contributed by atoms with E-state index < -0.39 is 5.97 Å². The summed E-state index contributed by atoms with van der Waals surface area (Å²) in [5, 5.41) is 13.0.